The van der Waals surface area contributed by atoms with Crippen LogP contribution in [-0.4, -0.2) is 47.9 Å². The van der Waals surface area contributed by atoms with E-state index in [0.717, 1.165) is 25.1 Å². The van der Waals surface area contributed by atoms with Crippen LogP contribution in [0.1, 0.15) is 40.0 Å². The minimum Gasteiger partial charge on any atom is -0.344 e. The quantitative estimate of drug-likeness (QED) is 0.785. The van der Waals surface area contributed by atoms with E-state index < -0.39 is 6.04 Å². The van der Waals surface area contributed by atoms with E-state index in [2.05, 4.69) is 11.6 Å². The Kier molecular flexibility index (Phi) is 6.17. The second kappa shape index (κ2) is 7.17. The van der Waals surface area contributed by atoms with Crippen molar-refractivity contribution >= 4 is 23.6 Å². The van der Waals surface area contributed by atoms with E-state index in [1.807, 2.05) is 37.4 Å². The Bertz CT molecular complexity index is 326. The molecule has 1 atom stereocenters. The third-order valence-electron chi connectivity index (χ3n) is 3.37. The second-order valence-electron chi connectivity index (χ2n) is 6.14. The summed E-state index contributed by atoms with van der Waals surface area (Å²) in [5, 5.41) is 2.87. The predicted molar refractivity (Wildman–Crippen MR) is 80.2 cm³/mol. The molecule has 1 N–H and O–H groups in total. The van der Waals surface area contributed by atoms with Gasteiger partial charge >= 0.3 is 0 Å². The molecule has 0 radical (unpaired) electrons. The molecule has 1 heterocycles. The molecule has 2 amide bonds. The predicted octanol–water partition coefficient (Wildman–Crippen LogP) is 1.89. The SMILES string of the molecule is CSCCCCN1CCC(=O)NC(C(C)(C)C)C1=O. The number of nitrogens with zero attached hydrogens (tertiary/aromatic N) is 1. The average molecular weight is 286 g/mol. The van der Waals surface area contributed by atoms with Gasteiger partial charge in [-0.3, -0.25) is 9.59 Å². The molecule has 0 aromatic carbocycles. The molecule has 0 aliphatic carbocycles. The molecule has 1 rings (SSSR count). The van der Waals surface area contributed by atoms with Crippen molar-refractivity contribution < 1.29 is 9.59 Å². The Hall–Kier alpha value is -0.710. The first-order chi connectivity index (χ1) is 8.86. The van der Waals surface area contributed by atoms with Crippen LogP contribution in [0, 0.1) is 5.41 Å². The lowest BCUT2D eigenvalue weighted by atomic mass is 9.86. The molecule has 0 spiro atoms. The first-order valence-electron chi connectivity index (χ1n) is 6.93. The molecule has 0 saturated carbocycles. The molecule has 1 unspecified atom stereocenters. The van der Waals surface area contributed by atoms with Crippen LogP contribution in [-0.2, 0) is 9.59 Å². The van der Waals surface area contributed by atoms with Gasteiger partial charge in [-0.2, -0.15) is 11.8 Å². The minimum atomic E-state index is -0.400. The molecule has 1 saturated heterocycles. The number of carbonyl (C=O) groups is 2. The van der Waals surface area contributed by atoms with E-state index in [0.29, 0.717) is 13.0 Å². The summed E-state index contributed by atoms with van der Waals surface area (Å²) in [7, 11) is 0. The highest BCUT2D eigenvalue weighted by molar-refractivity contribution is 7.98. The number of thioether (sulfide) groups is 1. The van der Waals surface area contributed by atoms with E-state index in [4.69, 9.17) is 0 Å². The van der Waals surface area contributed by atoms with Crippen molar-refractivity contribution in [2.75, 3.05) is 25.1 Å². The average Bonchev–Trinajstić information content (AvgIpc) is 2.46. The zero-order chi connectivity index (χ0) is 14.5. The highest BCUT2D eigenvalue weighted by Gasteiger charge is 2.37. The number of hydrogen-bond donors (Lipinski definition) is 1. The molecule has 1 aliphatic heterocycles. The molecule has 1 fully saturated rings. The van der Waals surface area contributed by atoms with Gasteiger partial charge in [0.2, 0.25) is 11.8 Å². The third-order valence-corrected chi connectivity index (χ3v) is 4.06. The molecule has 0 aromatic heterocycles. The van der Waals surface area contributed by atoms with Gasteiger partial charge in [-0.1, -0.05) is 20.8 Å². The zero-order valence-corrected chi connectivity index (χ0v) is 13.3. The molecule has 5 heteroatoms. The molecule has 4 nitrogen and oxygen atoms in total. The van der Waals surface area contributed by atoms with Gasteiger partial charge in [0.05, 0.1) is 0 Å². The van der Waals surface area contributed by atoms with Crippen molar-refractivity contribution in [1.82, 2.24) is 10.2 Å². The van der Waals surface area contributed by atoms with E-state index in [1.54, 1.807) is 0 Å². The van der Waals surface area contributed by atoms with Crippen molar-refractivity contribution in [2.24, 2.45) is 5.41 Å². The van der Waals surface area contributed by atoms with Crippen LogP contribution in [0.15, 0.2) is 0 Å². The zero-order valence-electron chi connectivity index (χ0n) is 12.5. The number of hydrogen-bond acceptors (Lipinski definition) is 3. The van der Waals surface area contributed by atoms with E-state index in [9.17, 15) is 9.59 Å². The summed E-state index contributed by atoms with van der Waals surface area (Å²) in [4.78, 5) is 26.1. The van der Waals surface area contributed by atoms with E-state index in [1.165, 1.54) is 0 Å². The topological polar surface area (TPSA) is 49.4 Å². The molecule has 1 aliphatic rings. The Balaban J connectivity index is 2.65. The van der Waals surface area contributed by atoms with Crippen LogP contribution in [0.4, 0.5) is 0 Å². The van der Waals surface area contributed by atoms with E-state index >= 15 is 0 Å². The first-order valence-corrected chi connectivity index (χ1v) is 8.32. The summed E-state index contributed by atoms with van der Waals surface area (Å²) < 4.78 is 0. The normalized spacial score (nSPS) is 21.3. The number of amides is 2. The van der Waals surface area contributed by atoms with Crippen LogP contribution >= 0.6 is 11.8 Å². The Morgan fingerprint density at radius 2 is 2.00 bits per heavy atom. The molecule has 0 aromatic rings. The Morgan fingerprint density at radius 3 is 2.58 bits per heavy atom. The molecular weight excluding hydrogens is 260 g/mol. The fourth-order valence-corrected chi connectivity index (χ4v) is 2.67. The Labute approximate surface area is 120 Å². The van der Waals surface area contributed by atoms with Crippen LogP contribution in [0.2, 0.25) is 0 Å². The Morgan fingerprint density at radius 1 is 1.32 bits per heavy atom. The molecular formula is C14H26N2O2S. The van der Waals surface area contributed by atoms with Crippen LogP contribution in [0.3, 0.4) is 0 Å². The second-order valence-corrected chi connectivity index (χ2v) is 7.13. The lowest BCUT2D eigenvalue weighted by molar-refractivity contribution is -0.136. The molecule has 110 valence electrons. The highest BCUT2D eigenvalue weighted by atomic mass is 32.2. The number of carbonyl (C=O) groups excluding carboxylic acids is 2. The van der Waals surface area contributed by atoms with Crippen molar-refractivity contribution in [1.29, 1.82) is 0 Å². The van der Waals surface area contributed by atoms with Gasteiger partial charge < -0.3 is 10.2 Å². The summed E-state index contributed by atoms with van der Waals surface area (Å²) in [5.41, 5.74) is -0.241. The largest absolute Gasteiger partial charge is 0.344 e. The van der Waals surface area contributed by atoms with Crippen molar-refractivity contribution in [3.05, 3.63) is 0 Å². The monoisotopic (exact) mass is 286 g/mol. The van der Waals surface area contributed by atoms with E-state index in [-0.39, 0.29) is 17.2 Å². The van der Waals surface area contributed by atoms with Crippen LogP contribution in [0.5, 0.6) is 0 Å². The van der Waals surface area contributed by atoms with Gasteiger partial charge in [-0.05, 0) is 30.3 Å². The van der Waals surface area contributed by atoms with Gasteiger partial charge in [-0.25, -0.2) is 0 Å². The van der Waals surface area contributed by atoms with Crippen molar-refractivity contribution in [2.45, 2.75) is 46.1 Å². The lowest BCUT2D eigenvalue weighted by Gasteiger charge is -2.32. The fourth-order valence-electron chi connectivity index (χ4n) is 2.18. The van der Waals surface area contributed by atoms with Gasteiger partial charge in [0, 0.05) is 19.5 Å². The van der Waals surface area contributed by atoms with Crippen LogP contribution in [0.25, 0.3) is 0 Å². The van der Waals surface area contributed by atoms with Gasteiger partial charge in [-0.15, -0.1) is 0 Å². The van der Waals surface area contributed by atoms with Crippen molar-refractivity contribution in [3.8, 4) is 0 Å². The molecule has 0 bridgehead atoms. The maximum Gasteiger partial charge on any atom is 0.245 e. The number of nitrogens with one attached hydrogen (secondary N) is 1. The maximum atomic E-state index is 12.5. The maximum absolute atomic E-state index is 12.5. The summed E-state index contributed by atoms with van der Waals surface area (Å²) in [6.07, 6.45) is 4.64. The summed E-state index contributed by atoms with van der Waals surface area (Å²) in [6.45, 7) is 7.30. The standard InChI is InChI=1S/C14H26N2O2S/c1-14(2,3)12-13(18)16(8-5-6-10-19-4)9-7-11(17)15-12/h12H,5-10H2,1-4H3,(H,15,17). The fraction of sp³-hybridized carbons (Fsp3) is 0.857. The van der Waals surface area contributed by atoms with Crippen molar-refractivity contribution in [3.63, 3.8) is 0 Å². The van der Waals surface area contributed by atoms with Crippen LogP contribution < -0.4 is 5.32 Å². The number of rotatable bonds is 5. The van der Waals surface area contributed by atoms with Gasteiger partial charge in [0.15, 0.2) is 0 Å². The summed E-state index contributed by atoms with van der Waals surface area (Å²) in [6, 6.07) is -0.400. The third kappa shape index (κ3) is 5.05. The first kappa shape index (κ1) is 16.3. The minimum absolute atomic E-state index is 0.0140. The lowest BCUT2D eigenvalue weighted by Crippen LogP contribution is -2.52. The highest BCUT2D eigenvalue weighted by Crippen LogP contribution is 2.23. The molecule has 19 heavy (non-hydrogen) atoms. The smallest absolute Gasteiger partial charge is 0.245 e. The van der Waals surface area contributed by atoms with Gasteiger partial charge in [0.25, 0.3) is 0 Å². The summed E-state index contributed by atoms with van der Waals surface area (Å²) >= 11 is 1.83. The number of unbranched alkanes of at least 4 members (excludes halogenated alkanes) is 1. The summed E-state index contributed by atoms with van der Waals surface area (Å²) in [5.74, 6) is 1.18. The van der Waals surface area contributed by atoms with Gasteiger partial charge in [0.1, 0.15) is 6.04 Å².